The number of nitrogens with one attached hydrogen (secondary N) is 1. The first kappa shape index (κ1) is 19.0. The average molecular weight is 400 g/mol. The molecule has 1 N–H and O–H groups in total. The maximum absolute atomic E-state index is 13.8. The first-order valence-electron chi connectivity index (χ1n) is 11.2. The minimum Gasteiger partial charge on any atom is -0.341 e. The van der Waals surface area contributed by atoms with Crippen LogP contribution in [-0.4, -0.2) is 59.4 Å². The molecule has 2 bridgehead atoms. The van der Waals surface area contributed by atoms with Crippen LogP contribution in [0.1, 0.15) is 44.1 Å². The van der Waals surface area contributed by atoms with E-state index in [1.165, 1.54) is 6.07 Å². The summed E-state index contributed by atoms with van der Waals surface area (Å²) in [6.45, 7) is 2.41. The Labute approximate surface area is 171 Å². The molecule has 0 aromatic heterocycles. The van der Waals surface area contributed by atoms with Crippen LogP contribution < -0.4 is 5.32 Å². The lowest BCUT2D eigenvalue weighted by Gasteiger charge is -2.57. The molecule has 5 rings (SSSR count). The third-order valence-electron chi connectivity index (χ3n) is 7.50. The number of hydrogen-bond acceptors (Lipinski definition) is 3. The zero-order valence-electron chi connectivity index (χ0n) is 16.9. The third kappa shape index (κ3) is 3.56. The van der Waals surface area contributed by atoms with Gasteiger partial charge in [-0.3, -0.25) is 9.59 Å². The molecule has 5 atom stereocenters. The summed E-state index contributed by atoms with van der Waals surface area (Å²) in [4.78, 5) is 30.2. The summed E-state index contributed by atoms with van der Waals surface area (Å²) >= 11 is 0. The van der Waals surface area contributed by atoms with Crippen molar-refractivity contribution in [2.75, 3.05) is 19.6 Å². The van der Waals surface area contributed by atoms with E-state index >= 15 is 0 Å². The van der Waals surface area contributed by atoms with Crippen LogP contribution in [0.2, 0.25) is 0 Å². The summed E-state index contributed by atoms with van der Waals surface area (Å²) in [5.74, 6) is 0.880. The molecule has 2 amide bonds. The SMILES string of the molecule is O=C([C@@H]1CCCN1)N1C[C@H]2C[C@@H](C1)[C@H](Cc1cccc(F)c1)N1C(=O)CCC[C@@H]21. The lowest BCUT2D eigenvalue weighted by molar-refractivity contribution is -0.156. The Morgan fingerprint density at radius 3 is 2.83 bits per heavy atom. The van der Waals surface area contributed by atoms with Crippen LogP contribution in [0.5, 0.6) is 0 Å². The Kier molecular flexibility index (Phi) is 5.06. The summed E-state index contributed by atoms with van der Waals surface area (Å²) in [6.07, 6.45) is 6.29. The van der Waals surface area contributed by atoms with E-state index in [9.17, 15) is 14.0 Å². The van der Waals surface area contributed by atoms with Gasteiger partial charge in [0.15, 0.2) is 0 Å². The number of carbonyl (C=O) groups is 2. The van der Waals surface area contributed by atoms with E-state index in [-0.39, 0.29) is 41.7 Å². The van der Waals surface area contributed by atoms with Gasteiger partial charge in [0.1, 0.15) is 5.82 Å². The molecule has 0 saturated carbocycles. The number of likely N-dealkylation sites (tertiary alicyclic amines) is 1. The molecule has 4 fully saturated rings. The van der Waals surface area contributed by atoms with Crippen molar-refractivity contribution in [3.8, 4) is 0 Å². The maximum Gasteiger partial charge on any atom is 0.239 e. The van der Waals surface area contributed by atoms with Gasteiger partial charge in [0.25, 0.3) is 0 Å². The van der Waals surface area contributed by atoms with E-state index in [0.29, 0.717) is 25.3 Å². The Balaban J connectivity index is 1.42. The molecule has 0 spiro atoms. The molecule has 5 nitrogen and oxygen atoms in total. The molecule has 4 heterocycles. The zero-order chi connectivity index (χ0) is 20.0. The monoisotopic (exact) mass is 399 g/mol. The fourth-order valence-corrected chi connectivity index (χ4v) is 6.24. The summed E-state index contributed by atoms with van der Waals surface area (Å²) in [5.41, 5.74) is 0.937. The molecule has 29 heavy (non-hydrogen) atoms. The Morgan fingerprint density at radius 2 is 2.03 bits per heavy atom. The van der Waals surface area contributed by atoms with Crippen LogP contribution in [0.25, 0.3) is 0 Å². The molecule has 6 heteroatoms. The van der Waals surface area contributed by atoms with Crippen molar-refractivity contribution in [2.24, 2.45) is 11.8 Å². The van der Waals surface area contributed by atoms with E-state index in [1.807, 2.05) is 6.07 Å². The Bertz CT molecular complexity index is 794. The van der Waals surface area contributed by atoms with E-state index in [0.717, 1.165) is 50.8 Å². The van der Waals surface area contributed by atoms with Gasteiger partial charge in [-0.15, -0.1) is 0 Å². The normalized spacial score (nSPS) is 34.2. The van der Waals surface area contributed by atoms with Gasteiger partial charge in [-0.1, -0.05) is 12.1 Å². The average Bonchev–Trinajstić information content (AvgIpc) is 3.25. The number of nitrogens with zero attached hydrogens (tertiary/aromatic N) is 2. The number of halogens is 1. The second-order valence-corrected chi connectivity index (χ2v) is 9.31. The van der Waals surface area contributed by atoms with E-state index in [1.54, 1.807) is 12.1 Å². The maximum atomic E-state index is 13.8. The highest BCUT2D eigenvalue weighted by Gasteiger charge is 2.50. The van der Waals surface area contributed by atoms with Gasteiger partial charge in [0.2, 0.25) is 11.8 Å². The van der Waals surface area contributed by atoms with Gasteiger partial charge < -0.3 is 15.1 Å². The summed E-state index contributed by atoms with van der Waals surface area (Å²) in [5, 5.41) is 3.34. The van der Waals surface area contributed by atoms with Gasteiger partial charge in [0, 0.05) is 31.6 Å². The quantitative estimate of drug-likeness (QED) is 0.849. The van der Waals surface area contributed by atoms with Crippen LogP contribution in [0.3, 0.4) is 0 Å². The van der Waals surface area contributed by atoms with Gasteiger partial charge in [-0.2, -0.15) is 0 Å². The first-order valence-corrected chi connectivity index (χ1v) is 11.2. The minimum atomic E-state index is -0.231. The standard InChI is InChI=1S/C23H30FN3O2/c24-18-5-1-4-15(10-18)11-21-17-12-16(20-7-2-8-22(28)27(20)21)13-26(14-17)23(29)19-6-3-9-25-19/h1,4-5,10,16-17,19-21,25H,2-3,6-9,11-14H2/t16-,17+,19+,20+,21+/m1/s1. The molecule has 4 aliphatic rings. The highest BCUT2D eigenvalue weighted by atomic mass is 19.1. The molecule has 0 radical (unpaired) electrons. The number of rotatable bonds is 3. The van der Waals surface area contributed by atoms with Crippen molar-refractivity contribution in [1.82, 2.24) is 15.1 Å². The molecule has 4 saturated heterocycles. The Hall–Kier alpha value is -1.95. The summed E-state index contributed by atoms with van der Waals surface area (Å²) in [7, 11) is 0. The largest absolute Gasteiger partial charge is 0.341 e. The van der Waals surface area contributed by atoms with E-state index in [4.69, 9.17) is 0 Å². The van der Waals surface area contributed by atoms with Gasteiger partial charge in [-0.05, 0) is 74.6 Å². The Morgan fingerprint density at radius 1 is 1.17 bits per heavy atom. The number of piperidine rings is 3. The lowest BCUT2D eigenvalue weighted by atomic mass is 9.70. The van der Waals surface area contributed by atoms with E-state index < -0.39 is 0 Å². The molecule has 1 aromatic carbocycles. The number of carbonyl (C=O) groups excluding carboxylic acids is 2. The molecule has 1 aromatic rings. The van der Waals surface area contributed by atoms with Crippen molar-refractivity contribution < 1.29 is 14.0 Å². The third-order valence-corrected chi connectivity index (χ3v) is 7.50. The molecule has 0 aliphatic carbocycles. The summed E-state index contributed by atoms with van der Waals surface area (Å²) < 4.78 is 13.8. The second-order valence-electron chi connectivity index (χ2n) is 9.31. The fraction of sp³-hybridized carbons (Fsp3) is 0.652. The summed E-state index contributed by atoms with van der Waals surface area (Å²) in [6, 6.07) is 6.98. The highest BCUT2D eigenvalue weighted by Crippen LogP contribution is 2.42. The van der Waals surface area contributed by atoms with Crippen LogP contribution in [0.15, 0.2) is 24.3 Å². The number of benzene rings is 1. The fourth-order valence-electron chi connectivity index (χ4n) is 6.24. The molecule has 4 aliphatic heterocycles. The highest BCUT2D eigenvalue weighted by molar-refractivity contribution is 5.82. The number of fused-ring (bicyclic) bond motifs is 4. The first-order chi connectivity index (χ1) is 14.1. The van der Waals surface area contributed by atoms with E-state index in [2.05, 4.69) is 15.1 Å². The van der Waals surface area contributed by atoms with Crippen molar-refractivity contribution in [3.63, 3.8) is 0 Å². The predicted octanol–water partition coefficient (Wildman–Crippen LogP) is 2.35. The smallest absolute Gasteiger partial charge is 0.239 e. The van der Waals surface area contributed by atoms with Crippen LogP contribution in [0, 0.1) is 17.7 Å². The van der Waals surface area contributed by atoms with Crippen molar-refractivity contribution >= 4 is 11.8 Å². The van der Waals surface area contributed by atoms with Crippen LogP contribution in [0.4, 0.5) is 4.39 Å². The molecular weight excluding hydrogens is 369 g/mol. The topological polar surface area (TPSA) is 52.7 Å². The van der Waals surface area contributed by atoms with Crippen molar-refractivity contribution in [3.05, 3.63) is 35.6 Å². The molecule has 0 unspecified atom stereocenters. The number of amides is 2. The van der Waals surface area contributed by atoms with Crippen molar-refractivity contribution in [2.45, 2.75) is 63.1 Å². The zero-order valence-corrected chi connectivity index (χ0v) is 16.9. The molecular formula is C23H30FN3O2. The van der Waals surface area contributed by atoms with Gasteiger partial charge in [-0.25, -0.2) is 4.39 Å². The predicted molar refractivity (Wildman–Crippen MR) is 108 cm³/mol. The molecule has 156 valence electrons. The lowest BCUT2D eigenvalue weighted by Crippen LogP contribution is -2.66. The number of hydrogen-bond donors (Lipinski definition) is 1. The van der Waals surface area contributed by atoms with Crippen molar-refractivity contribution in [1.29, 1.82) is 0 Å². The van der Waals surface area contributed by atoms with Crippen LogP contribution in [-0.2, 0) is 16.0 Å². The minimum absolute atomic E-state index is 0.0420. The second kappa shape index (κ2) is 7.71. The van der Waals surface area contributed by atoms with Gasteiger partial charge in [0.05, 0.1) is 6.04 Å². The van der Waals surface area contributed by atoms with Crippen LogP contribution >= 0.6 is 0 Å². The van der Waals surface area contributed by atoms with Gasteiger partial charge >= 0.3 is 0 Å².